The molecule has 132 valence electrons. The molecule has 0 N–H and O–H groups in total. The summed E-state index contributed by atoms with van der Waals surface area (Å²) in [6.45, 7) is 5.17. The van der Waals surface area contributed by atoms with E-state index in [1.807, 2.05) is 18.2 Å². The van der Waals surface area contributed by atoms with E-state index >= 15 is 0 Å². The summed E-state index contributed by atoms with van der Waals surface area (Å²) in [4.78, 5) is 12.1. The van der Waals surface area contributed by atoms with Crippen molar-refractivity contribution in [1.29, 1.82) is 0 Å². The molecule has 0 aliphatic carbocycles. The summed E-state index contributed by atoms with van der Waals surface area (Å²) < 4.78 is 31.7. The molecule has 2 rings (SSSR count). The Morgan fingerprint density at radius 1 is 1.12 bits per heavy atom. The average Bonchev–Trinajstić information content (AvgIpc) is 2.95. The molecule has 0 spiro atoms. The lowest BCUT2D eigenvalue weighted by molar-refractivity contribution is -0.118. The van der Waals surface area contributed by atoms with E-state index in [1.54, 1.807) is 20.8 Å². The van der Waals surface area contributed by atoms with E-state index in [9.17, 15) is 13.2 Å². The predicted octanol–water partition coefficient (Wildman–Crippen LogP) is 3.58. The smallest absolute Gasteiger partial charge is 0.155 e. The van der Waals surface area contributed by atoms with E-state index in [0.29, 0.717) is 19.3 Å². The van der Waals surface area contributed by atoms with Gasteiger partial charge in [0.2, 0.25) is 0 Å². The van der Waals surface area contributed by atoms with Gasteiger partial charge in [-0.2, -0.15) is 8.75 Å². The molecule has 0 bridgehead atoms. The molecule has 5 nitrogen and oxygen atoms in total. The molecular formula is C17H24N2O3S2. The number of rotatable bonds is 8. The van der Waals surface area contributed by atoms with Gasteiger partial charge in [0.1, 0.15) is 16.8 Å². The Kier molecular flexibility index (Phi) is 6.09. The topological polar surface area (TPSA) is 77.0 Å². The normalized spacial score (nSPS) is 12.6. The van der Waals surface area contributed by atoms with Crippen molar-refractivity contribution in [2.75, 3.05) is 5.75 Å². The fraction of sp³-hybridized carbons (Fsp3) is 0.588. The van der Waals surface area contributed by atoms with Crippen LogP contribution in [0.4, 0.5) is 0 Å². The number of hydrogen-bond acceptors (Lipinski definition) is 6. The van der Waals surface area contributed by atoms with Crippen molar-refractivity contribution < 1.29 is 13.2 Å². The van der Waals surface area contributed by atoms with Crippen LogP contribution in [0.25, 0.3) is 11.0 Å². The number of nitrogens with zero attached hydrogens (tertiary/aromatic N) is 2. The number of unbranched alkanes of at least 4 members (excludes halogenated alkanes) is 2. The van der Waals surface area contributed by atoms with E-state index < -0.39 is 14.6 Å². The minimum Gasteiger partial charge on any atom is -0.299 e. The molecule has 1 heterocycles. The second kappa shape index (κ2) is 7.70. The van der Waals surface area contributed by atoms with Crippen LogP contribution in [0, 0.1) is 0 Å². The van der Waals surface area contributed by atoms with Crippen LogP contribution in [0.5, 0.6) is 0 Å². The summed E-state index contributed by atoms with van der Waals surface area (Å²) in [6, 6.07) is 5.70. The molecule has 0 saturated heterocycles. The largest absolute Gasteiger partial charge is 0.299 e. The molecule has 1 aromatic heterocycles. The molecule has 1 aromatic carbocycles. The van der Waals surface area contributed by atoms with Gasteiger partial charge in [-0.15, -0.1) is 0 Å². The van der Waals surface area contributed by atoms with Crippen molar-refractivity contribution in [2.24, 2.45) is 0 Å². The van der Waals surface area contributed by atoms with Crippen molar-refractivity contribution >= 4 is 38.4 Å². The predicted molar refractivity (Wildman–Crippen MR) is 98.1 cm³/mol. The van der Waals surface area contributed by atoms with Gasteiger partial charge in [-0.05, 0) is 45.2 Å². The Hall–Kier alpha value is -1.34. The monoisotopic (exact) mass is 368 g/mol. The highest BCUT2D eigenvalue weighted by molar-refractivity contribution is 7.92. The van der Waals surface area contributed by atoms with Crippen LogP contribution in [0.2, 0.25) is 0 Å². The minimum atomic E-state index is -3.06. The van der Waals surface area contributed by atoms with Gasteiger partial charge >= 0.3 is 0 Å². The maximum atomic E-state index is 12.1. The summed E-state index contributed by atoms with van der Waals surface area (Å²) in [5.41, 5.74) is 2.56. The average molecular weight is 369 g/mol. The zero-order valence-electron chi connectivity index (χ0n) is 14.4. The lowest BCUT2D eigenvalue weighted by Crippen LogP contribution is -2.30. The summed E-state index contributed by atoms with van der Waals surface area (Å²) in [7, 11) is -3.06. The number of benzene rings is 1. The highest BCUT2D eigenvalue weighted by atomic mass is 32.2. The third-order valence-electron chi connectivity index (χ3n) is 4.06. The Labute approximate surface area is 147 Å². The second-order valence-electron chi connectivity index (χ2n) is 7.01. The molecule has 0 unspecified atom stereocenters. The molecule has 0 atom stereocenters. The Bertz CT molecular complexity index is 805. The van der Waals surface area contributed by atoms with Crippen LogP contribution >= 0.6 is 11.7 Å². The van der Waals surface area contributed by atoms with Crippen LogP contribution in [0.1, 0.15) is 52.0 Å². The minimum absolute atomic E-state index is 0.161. The van der Waals surface area contributed by atoms with E-state index in [2.05, 4.69) is 8.75 Å². The number of carbonyl (C=O) groups is 1. The molecule has 0 fully saturated rings. The van der Waals surface area contributed by atoms with E-state index in [0.717, 1.165) is 41.2 Å². The van der Waals surface area contributed by atoms with E-state index in [4.69, 9.17) is 0 Å². The first-order valence-electron chi connectivity index (χ1n) is 8.15. The fourth-order valence-corrected chi connectivity index (χ4v) is 4.17. The standard InChI is InChI=1S/C17H24N2O3S2/c1-17(2,3)24(21,22)11-6-4-5-9-14(20)12-13-8-7-10-15-16(13)19-23-18-15/h7-8,10H,4-6,9,11-12H2,1-3H3. The zero-order chi connectivity index (χ0) is 17.8. The lowest BCUT2D eigenvalue weighted by atomic mass is 10.0. The fourth-order valence-electron chi connectivity index (χ4n) is 2.40. The first-order chi connectivity index (χ1) is 11.2. The first-order valence-corrected chi connectivity index (χ1v) is 10.5. The SMILES string of the molecule is CC(C)(C)S(=O)(=O)CCCCCC(=O)Cc1cccc2nsnc12. The number of carbonyl (C=O) groups excluding carboxylic acids is 1. The summed E-state index contributed by atoms with van der Waals surface area (Å²) >= 11 is 1.15. The maximum Gasteiger partial charge on any atom is 0.155 e. The number of hydrogen-bond donors (Lipinski definition) is 0. The Morgan fingerprint density at radius 2 is 1.88 bits per heavy atom. The van der Waals surface area contributed by atoms with Crippen LogP contribution < -0.4 is 0 Å². The third kappa shape index (κ3) is 4.83. The lowest BCUT2D eigenvalue weighted by Gasteiger charge is -2.18. The van der Waals surface area contributed by atoms with Crippen molar-refractivity contribution in [1.82, 2.24) is 8.75 Å². The molecule has 0 radical (unpaired) electrons. The van der Waals surface area contributed by atoms with Gasteiger partial charge in [-0.3, -0.25) is 4.79 Å². The van der Waals surface area contributed by atoms with Gasteiger partial charge in [-0.25, -0.2) is 8.42 Å². The quantitative estimate of drug-likeness (QED) is 0.666. The van der Waals surface area contributed by atoms with Gasteiger partial charge < -0.3 is 0 Å². The van der Waals surface area contributed by atoms with Gasteiger partial charge in [0.15, 0.2) is 9.84 Å². The summed E-state index contributed by atoms with van der Waals surface area (Å²) in [6.07, 6.45) is 2.93. The number of fused-ring (bicyclic) bond motifs is 1. The highest BCUT2D eigenvalue weighted by Crippen LogP contribution is 2.19. The maximum absolute atomic E-state index is 12.1. The Balaban J connectivity index is 1.76. The third-order valence-corrected chi connectivity index (χ3v) is 7.29. The van der Waals surface area contributed by atoms with Crippen LogP contribution in [0.3, 0.4) is 0 Å². The van der Waals surface area contributed by atoms with Crippen molar-refractivity contribution in [2.45, 2.75) is 57.6 Å². The molecule has 0 aliphatic rings. The second-order valence-corrected chi connectivity index (χ2v) is 10.4. The molecule has 24 heavy (non-hydrogen) atoms. The summed E-state index contributed by atoms with van der Waals surface area (Å²) in [5, 5.41) is 0. The van der Waals surface area contributed by atoms with E-state index in [-0.39, 0.29) is 11.5 Å². The van der Waals surface area contributed by atoms with E-state index in [1.165, 1.54) is 0 Å². The Morgan fingerprint density at radius 3 is 2.58 bits per heavy atom. The van der Waals surface area contributed by atoms with Crippen molar-refractivity contribution in [3.63, 3.8) is 0 Å². The molecule has 0 saturated carbocycles. The van der Waals surface area contributed by atoms with Crippen molar-refractivity contribution in [3.05, 3.63) is 23.8 Å². The number of sulfone groups is 1. The molecule has 7 heteroatoms. The van der Waals surface area contributed by atoms with Crippen LogP contribution in [-0.2, 0) is 21.1 Å². The summed E-state index contributed by atoms with van der Waals surface area (Å²) in [5.74, 6) is 0.350. The number of aromatic nitrogens is 2. The molecule has 0 amide bonds. The molecular weight excluding hydrogens is 344 g/mol. The number of ketones is 1. The van der Waals surface area contributed by atoms with Gasteiger partial charge in [0.25, 0.3) is 0 Å². The molecule has 0 aliphatic heterocycles. The van der Waals surface area contributed by atoms with Gasteiger partial charge in [0.05, 0.1) is 22.2 Å². The van der Waals surface area contributed by atoms with Crippen molar-refractivity contribution in [3.8, 4) is 0 Å². The highest BCUT2D eigenvalue weighted by Gasteiger charge is 2.27. The number of Topliss-reactive ketones (excluding diaryl/α,β-unsaturated/α-hetero) is 1. The van der Waals surface area contributed by atoms with Gasteiger partial charge in [-0.1, -0.05) is 18.6 Å². The van der Waals surface area contributed by atoms with Gasteiger partial charge in [0, 0.05) is 12.8 Å². The molecule has 2 aromatic rings. The van der Waals surface area contributed by atoms with Crippen LogP contribution in [-0.4, -0.2) is 33.4 Å². The zero-order valence-corrected chi connectivity index (χ0v) is 16.0. The first kappa shape index (κ1) is 19.0. The van der Waals surface area contributed by atoms with Crippen LogP contribution in [0.15, 0.2) is 18.2 Å².